The van der Waals surface area contributed by atoms with Crippen LogP contribution in [-0.4, -0.2) is 19.9 Å². The van der Waals surface area contributed by atoms with Gasteiger partial charge in [-0.3, -0.25) is 0 Å². The molecular formula is C22H14F3NSe. The molecule has 4 aromatic rings. The summed E-state index contributed by atoms with van der Waals surface area (Å²) in [5.74, 6) is 0. The van der Waals surface area contributed by atoms with Gasteiger partial charge in [-0.15, -0.1) is 0 Å². The van der Waals surface area contributed by atoms with Gasteiger partial charge in [-0.25, -0.2) is 0 Å². The molecule has 27 heavy (non-hydrogen) atoms. The van der Waals surface area contributed by atoms with Gasteiger partial charge < -0.3 is 0 Å². The van der Waals surface area contributed by atoms with Crippen LogP contribution in [0.3, 0.4) is 0 Å². The van der Waals surface area contributed by atoms with E-state index < -0.39 is 11.7 Å². The predicted molar refractivity (Wildman–Crippen MR) is 104 cm³/mol. The van der Waals surface area contributed by atoms with E-state index in [1.165, 1.54) is 16.6 Å². The Balaban J connectivity index is 1.86. The molecule has 0 bridgehead atoms. The van der Waals surface area contributed by atoms with Crippen molar-refractivity contribution < 1.29 is 13.2 Å². The molecule has 1 heterocycles. The molecular weight excluding hydrogens is 414 g/mol. The molecule has 0 atom stereocenters. The fourth-order valence-electron chi connectivity index (χ4n) is 2.87. The summed E-state index contributed by atoms with van der Waals surface area (Å²) in [7, 11) is 0. The Labute approximate surface area is 161 Å². The van der Waals surface area contributed by atoms with E-state index in [1.807, 2.05) is 42.5 Å². The van der Waals surface area contributed by atoms with Crippen LogP contribution < -0.4 is 8.92 Å². The summed E-state index contributed by atoms with van der Waals surface area (Å²) >= 11 is -0.0207. The second kappa shape index (κ2) is 7.18. The molecule has 1 aromatic heterocycles. The van der Waals surface area contributed by atoms with Crippen molar-refractivity contribution in [2.24, 2.45) is 0 Å². The van der Waals surface area contributed by atoms with Gasteiger partial charge in [-0.2, -0.15) is 0 Å². The van der Waals surface area contributed by atoms with Gasteiger partial charge in [0.2, 0.25) is 0 Å². The maximum absolute atomic E-state index is 12.9. The quantitative estimate of drug-likeness (QED) is 0.436. The molecule has 0 unspecified atom stereocenters. The summed E-state index contributed by atoms with van der Waals surface area (Å²) in [5, 5.41) is 2.12. The average molecular weight is 428 g/mol. The first-order valence-electron chi connectivity index (χ1n) is 8.31. The minimum atomic E-state index is -4.34. The SMILES string of the molecule is FC(F)(F)c1ccc(-c2ncc3ccccc3c2[Se]c2ccccc2)cc1. The summed E-state index contributed by atoms with van der Waals surface area (Å²) in [6, 6.07) is 23.3. The second-order valence-corrected chi connectivity index (χ2v) is 8.29. The molecule has 4 rings (SSSR count). The number of rotatable bonds is 3. The van der Waals surface area contributed by atoms with Crippen molar-refractivity contribution in [3.63, 3.8) is 0 Å². The third kappa shape index (κ3) is 3.75. The molecule has 0 spiro atoms. The van der Waals surface area contributed by atoms with Crippen LogP contribution in [0.25, 0.3) is 22.0 Å². The summed E-state index contributed by atoms with van der Waals surface area (Å²) in [5.41, 5.74) is 0.787. The number of benzene rings is 3. The van der Waals surface area contributed by atoms with Crippen LogP contribution in [0.15, 0.2) is 85.1 Å². The number of alkyl halides is 3. The molecule has 0 N–H and O–H groups in total. The Morgan fingerprint density at radius 3 is 2.11 bits per heavy atom. The molecule has 134 valence electrons. The van der Waals surface area contributed by atoms with E-state index in [1.54, 1.807) is 6.20 Å². The van der Waals surface area contributed by atoms with Gasteiger partial charge >= 0.3 is 161 Å². The van der Waals surface area contributed by atoms with Crippen LogP contribution in [0.2, 0.25) is 0 Å². The zero-order chi connectivity index (χ0) is 18.9. The standard InChI is InChI=1S/C22H14F3NSe/c23-22(24,25)17-12-10-15(11-13-17)20-21(27-18-7-2-1-3-8-18)19-9-5-4-6-16(19)14-26-20/h1-14H. The summed E-state index contributed by atoms with van der Waals surface area (Å²) < 4.78 is 40.9. The van der Waals surface area contributed by atoms with E-state index in [9.17, 15) is 13.2 Å². The normalized spacial score (nSPS) is 11.7. The van der Waals surface area contributed by atoms with Crippen LogP contribution in [0.1, 0.15) is 5.56 Å². The van der Waals surface area contributed by atoms with E-state index in [0.717, 1.165) is 33.1 Å². The van der Waals surface area contributed by atoms with Crippen LogP contribution >= 0.6 is 0 Å². The topological polar surface area (TPSA) is 12.9 Å². The molecule has 0 aliphatic carbocycles. The van der Waals surface area contributed by atoms with E-state index >= 15 is 0 Å². The van der Waals surface area contributed by atoms with Crippen LogP contribution in [0.4, 0.5) is 13.2 Å². The summed E-state index contributed by atoms with van der Waals surface area (Å²) in [6.07, 6.45) is -2.56. The molecule has 0 saturated heterocycles. The van der Waals surface area contributed by atoms with Crippen molar-refractivity contribution in [3.05, 3.63) is 90.6 Å². The fourth-order valence-corrected chi connectivity index (χ4v) is 5.16. The van der Waals surface area contributed by atoms with E-state index in [0.29, 0.717) is 5.56 Å². The molecule has 0 radical (unpaired) electrons. The molecule has 0 aliphatic rings. The minimum absolute atomic E-state index is 0.0207. The number of fused-ring (bicyclic) bond motifs is 1. The maximum atomic E-state index is 12.9. The van der Waals surface area contributed by atoms with Crippen LogP contribution in [-0.2, 0) is 6.18 Å². The summed E-state index contributed by atoms with van der Waals surface area (Å²) in [4.78, 5) is 4.60. The van der Waals surface area contributed by atoms with Crippen molar-refractivity contribution >= 4 is 34.7 Å². The number of hydrogen-bond donors (Lipinski definition) is 0. The van der Waals surface area contributed by atoms with Crippen LogP contribution in [0.5, 0.6) is 0 Å². The molecule has 3 aromatic carbocycles. The van der Waals surface area contributed by atoms with E-state index in [-0.39, 0.29) is 15.0 Å². The first-order chi connectivity index (χ1) is 13.0. The van der Waals surface area contributed by atoms with E-state index in [4.69, 9.17) is 0 Å². The summed E-state index contributed by atoms with van der Waals surface area (Å²) in [6.45, 7) is 0. The molecule has 1 nitrogen and oxygen atoms in total. The molecule has 5 heteroatoms. The predicted octanol–water partition coefficient (Wildman–Crippen LogP) is 4.58. The Kier molecular flexibility index (Phi) is 4.73. The number of hydrogen-bond acceptors (Lipinski definition) is 1. The fraction of sp³-hybridized carbons (Fsp3) is 0.0455. The Bertz CT molecular complexity index is 1070. The van der Waals surface area contributed by atoms with Crippen molar-refractivity contribution in [2.45, 2.75) is 6.18 Å². The second-order valence-electron chi connectivity index (χ2n) is 6.01. The average Bonchev–Trinajstić information content (AvgIpc) is 2.68. The van der Waals surface area contributed by atoms with Crippen molar-refractivity contribution in [2.75, 3.05) is 0 Å². The number of pyridine rings is 1. The Hall–Kier alpha value is -2.62. The zero-order valence-electron chi connectivity index (χ0n) is 14.1. The van der Waals surface area contributed by atoms with Crippen molar-refractivity contribution in [1.82, 2.24) is 4.98 Å². The Morgan fingerprint density at radius 2 is 1.41 bits per heavy atom. The van der Waals surface area contributed by atoms with Gasteiger partial charge in [-0.1, -0.05) is 0 Å². The van der Waals surface area contributed by atoms with Crippen LogP contribution in [0, 0.1) is 0 Å². The number of halogens is 3. The zero-order valence-corrected chi connectivity index (χ0v) is 15.8. The number of aromatic nitrogens is 1. The van der Waals surface area contributed by atoms with Gasteiger partial charge in [-0.05, 0) is 0 Å². The van der Waals surface area contributed by atoms with Gasteiger partial charge in [0.15, 0.2) is 0 Å². The molecule has 0 fully saturated rings. The van der Waals surface area contributed by atoms with Crippen molar-refractivity contribution in [1.29, 1.82) is 0 Å². The van der Waals surface area contributed by atoms with Gasteiger partial charge in [0.1, 0.15) is 0 Å². The third-order valence-corrected chi connectivity index (χ3v) is 6.56. The van der Waals surface area contributed by atoms with Crippen molar-refractivity contribution in [3.8, 4) is 11.3 Å². The third-order valence-electron chi connectivity index (χ3n) is 4.20. The number of nitrogens with zero attached hydrogens (tertiary/aromatic N) is 1. The monoisotopic (exact) mass is 429 g/mol. The van der Waals surface area contributed by atoms with Gasteiger partial charge in [0.25, 0.3) is 0 Å². The van der Waals surface area contributed by atoms with Gasteiger partial charge in [0, 0.05) is 0 Å². The molecule has 0 amide bonds. The Morgan fingerprint density at radius 1 is 0.741 bits per heavy atom. The molecule has 0 saturated carbocycles. The van der Waals surface area contributed by atoms with Gasteiger partial charge in [0.05, 0.1) is 0 Å². The molecule has 0 aliphatic heterocycles. The first-order valence-corrected chi connectivity index (χ1v) is 10.0. The van der Waals surface area contributed by atoms with E-state index in [2.05, 4.69) is 17.1 Å². The first kappa shape index (κ1) is 17.8.